The molecule has 2 aromatic carbocycles. The van der Waals surface area contributed by atoms with Crippen molar-refractivity contribution in [1.29, 1.82) is 0 Å². The first-order valence-electron chi connectivity index (χ1n) is 10.7. The topological polar surface area (TPSA) is 41.5 Å². The summed E-state index contributed by atoms with van der Waals surface area (Å²) in [6, 6.07) is 19.0. The minimum absolute atomic E-state index is 0.0581. The summed E-state index contributed by atoms with van der Waals surface area (Å²) in [7, 11) is 0. The van der Waals surface area contributed by atoms with Crippen LogP contribution in [0.3, 0.4) is 0 Å². The number of thiophene rings is 1. The van der Waals surface area contributed by atoms with Crippen molar-refractivity contribution in [3.8, 4) is 0 Å². The highest BCUT2D eigenvalue weighted by atomic mass is 35.5. The van der Waals surface area contributed by atoms with Crippen molar-refractivity contribution < 1.29 is 9.84 Å². The van der Waals surface area contributed by atoms with Crippen LogP contribution >= 0.6 is 22.9 Å². The molecular formula is C25H30ClNO2S. The van der Waals surface area contributed by atoms with E-state index in [1.165, 1.54) is 34.1 Å². The fourth-order valence-corrected chi connectivity index (χ4v) is 5.12. The van der Waals surface area contributed by atoms with Gasteiger partial charge in [-0.15, -0.1) is 11.3 Å². The maximum Gasteiger partial charge on any atom is 0.0946 e. The Bertz CT molecular complexity index is 982. The van der Waals surface area contributed by atoms with Crippen LogP contribution in [0.2, 0.25) is 4.34 Å². The van der Waals surface area contributed by atoms with Gasteiger partial charge in [0.25, 0.3) is 0 Å². The van der Waals surface area contributed by atoms with Crippen LogP contribution < -0.4 is 5.32 Å². The van der Waals surface area contributed by atoms with Crippen molar-refractivity contribution in [3.63, 3.8) is 0 Å². The van der Waals surface area contributed by atoms with Gasteiger partial charge in [0.05, 0.1) is 23.2 Å². The summed E-state index contributed by atoms with van der Waals surface area (Å²) in [6.45, 7) is 5.19. The van der Waals surface area contributed by atoms with Gasteiger partial charge in [-0.05, 0) is 67.5 Å². The molecule has 4 rings (SSSR count). The van der Waals surface area contributed by atoms with Crippen LogP contribution in [0, 0.1) is 5.92 Å². The number of nitrogens with one attached hydrogen (secondary N) is 1. The molecule has 0 radical (unpaired) electrons. The lowest BCUT2D eigenvalue weighted by molar-refractivity contribution is -0.0196. The first-order valence-corrected chi connectivity index (χ1v) is 11.9. The number of rotatable bonds is 10. The highest BCUT2D eigenvalue weighted by Gasteiger charge is 2.34. The zero-order valence-corrected chi connectivity index (χ0v) is 19.2. The van der Waals surface area contributed by atoms with Crippen LogP contribution in [0.5, 0.6) is 0 Å². The third kappa shape index (κ3) is 5.83. The normalized spacial score (nSPS) is 16.7. The summed E-state index contributed by atoms with van der Waals surface area (Å²) in [5.74, 6) is 0.559. The van der Waals surface area contributed by atoms with Crippen molar-refractivity contribution in [3.05, 3.63) is 69.4 Å². The third-order valence-electron chi connectivity index (χ3n) is 5.67. The van der Waals surface area contributed by atoms with Crippen LogP contribution in [0.25, 0.3) is 10.8 Å². The molecule has 1 saturated carbocycles. The molecule has 0 amide bonds. The molecule has 1 heterocycles. The lowest BCUT2D eigenvalue weighted by Crippen LogP contribution is -2.46. The number of aliphatic hydroxyl groups excluding tert-OH is 1. The minimum atomic E-state index is -0.544. The first kappa shape index (κ1) is 21.8. The Balaban J connectivity index is 1.28. The molecule has 1 fully saturated rings. The van der Waals surface area contributed by atoms with Gasteiger partial charge in [-0.2, -0.15) is 0 Å². The standard InChI is InChI=1S/C25H30ClNO2S/c1-25(2,14-17-7-8-18-5-3-4-6-20(18)13-17)27-15-21(28)16-29-24(19-9-10-19)22-11-12-23(26)30-22/h3-8,11-13,19,21,24,27-28H,9-10,14-16H2,1-2H3. The Morgan fingerprint density at radius 2 is 1.90 bits per heavy atom. The van der Waals surface area contributed by atoms with E-state index in [0.29, 0.717) is 19.1 Å². The Hall–Kier alpha value is -1.43. The fourth-order valence-electron chi connectivity index (χ4n) is 3.92. The molecule has 1 aliphatic rings. The highest BCUT2D eigenvalue weighted by molar-refractivity contribution is 7.16. The van der Waals surface area contributed by atoms with Gasteiger partial charge in [0.15, 0.2) is 0 Å². The molecule has 2 atom stereocenters. The number of hydrogen-bond donors (Lipinski definition) is 2. The summed E-state index contributed by atoms with van der Waals surface area (Å²) in [5.41, 5.74) is 1.17. The van der Waals surface area contributed by atoms with E-state index in [4.69, 9.17) is 16.3 Å². The van der Waals surface area contributed by atoms with Crippen molar-refractivity contribution >= 4 is 33.7 Å². The second kappa shape index (κ2) is 9.37. The van der Waals surface area contributed by atoms with Gasteiger partial charge in [-0.3, -0.25) is 0 Å². The molecule has 2 unspecified atom stereocenters. The minimum Gasteiger partial charge on any atom is -0.389 e. The molecule has 160 valence electrons. The van der Waals surface area contributed by atoms with Gasteiger partial charge in [0.1, 0.15) is 0 Å². The Kier molecular flexibility index (Phi) is 6.81. The SMILES string of the molecule is CC(C)(Cc1ccc2ccccc2c1)NCC(O)COC(c1ccc(Cl)s1)C1CC1. The quantitative estimate of drug-likeness (QED) is 0.404. The second-order valence-corrected chi connectivity index (χ2v) is 10.8. The van der Waals surface area contributed by atoms with Crippen molar-refractivity contribution in [1.82, 2.24) is 5.32 Å². The number of benzene rings is 2. The van der Waals surface area contributed by atoms with Crippen molar-refractivity contribution in [2.75, 3.05) is 13.2 Å². The van der Waals surface area contributed by atoms with Gasteiger partial charge in [-0.25, -0.2) is 0 Å². The average Bonchev–Trinajstić information content (AvgIpc) is 3.47. The van der Waals surface area contributed by atoms with Crippen molar-refractivity contribution in [2.45, 2.75) is 50.9 Å². The molecule has 0 spiro atoms. The number of ether oxygens (including phenoxy) is 1. The molecular weight excluding hydrogens is 414 g/mol. The van der Waals surface area contributed by atoms with Crippen LogP contribution in [-0.2, 0) is 11.2 Å². The molecule has 1 aromatic heterocycles. The van der Waals surface area contributed by atoms with Crippen LogP contribution in [0.4, 0.5) is 0 Å². The maximum atomic E-state index is 10.5. The fraction of sp³-hybridized carbons (Fsp3) is 0.440. The molecule has 0 saturated heterocycles. The molecule has 30 heavy (non-hydrogen) atoms. The number of aliphatic hydroxyl groups is 1. The van der Waals surface area contributed by atoms with Crippen LogP contribution in [-0.4, -0.2) is 29.9 Å². The lowest BCUT2D eigenvalue weighted by Gasteiger charge is -2.28. The third-order valence-corrected chi connectivity index (χ3v) is 6.96. The van der Waals surface area contributed by atoms with E-state index < -0.39 is 6.10 Å². The summed E-state index contributed by atoms with van der Waals surface area (Å²) in [5, 5.41) is 16.6. The van der Waals surface area contributed by atoms with E-state index in [1.54, 1.807) is 11.3 Å². The first-order chi connectivity index (χ1) is 14.4. The Morgan fingerprint density at radius 3 is 2.60 bits per heavy atom. The average molecular weight is 444 g/mol. The van der Waals surface area contributed by atoms with E-state index in [9.17, 15) is 5.11 Å². The molecule has 0 aliphatic heterocycles. The molecule has 5 heteroatoms. The summed E-state index contributed by atoms with van der Waals surface area (Å²) < 4.78 is 6.91. The molecule has 2 N–H and O–H groups in total. The highest BCUT2D eigenvalue weighted by Crippen LogP contribution is 2.45. The number of fused-ring (bicyclic) bond motifs is 1. The molecule has 1 aliphatic carbocycles. The Morgan fingerprint density at radius 1 is 1.13 bits per heavy atom. The van der Waals surface area contributed by atoms with E-state index in [1.807, 2.05) is 12.1 Å². The van der Waals surface area contributed by atoms with Gasteiger partial charge in [0, 0.05) is 17.0 Å². The Labute approximate surface area is 188 Å². The van der Waals surface area contributed by atoms with Gasteiger partial charge < -0.3 is 15.2 Å². The maximum absolute atomic E-state index is 10.5. The summed E-state index contributed by atoms with van der Waals surface area (Å²) >= 11 is 7.67. The number of halogens is 1. The summed E-state index contributed by atoms with van der Waals surface area (Å²) in [4.78, 5) is 1.17. The van der Waals surface area contributed by atoms with Crippen LogP contribution in [0.15, 0.2) is 54.6 Å². The second-order valence-electron chi connectivity index (χ2n) is 9.01. The zero-order chi connectivity index (χ0) is 21.1. The van der Waals surface area contributed by atoms with E-state index >= 15 is 0 Å². The molecule has 0 bridgehead atoms. The van der Waals surface area contributed by atoms with E-state index in [2.05, 4.69) is 61.6 Å². The van der Waals surface area contributed by atoms with Gasteiger partial charge >= 0.3 is 0 Å². The molecule has 3 aromatic rings. The predicted octanol–water partition coefficient (Wildman–Crippen LogP) is 5.99. The number of hydrogen-bond acceptors (Lipinski definition) is 4. The lowest BCUT2D eigenvalue weighted by atomic mass is 9.93. The van der Waals surface area contributed by atoms with Crippen LogP contribution in [0.1, 0.15) is 43.2 Å². The predicted molar refractivity (Wildman–Crippen MR) is 126 cm³/mol. The monoisotopic (exact) mass is 443 g/mol. The molecule has 3 nitrogen and oxygen atoms in total. The van der Waals surface area contributed by atoms with Crippen molar-refractivity contribution in [2.24, 2.45) is 5.92 Å². The smallest absolute Gasteiger partial charge is 0.0946 e. The van der Waals surface area contributed by atoms with Gasteiger partial charge in [0.2, 0.25) is 0 Å². The van der Waals surface area contributed by atoms with Gasteiger partial charge in [-0.1, -0.05) is 54.1 Å². The largest absolute Gasteiger partial charge is 0.389 e. The summed E-state index contributed by atoms with van der Waals surface area (Å²) in [6.07, 6.45) is 2.78. The van der Waals surface area contributed by atoms with E-state index in [-0.39, 0.29) is 11.6 Å². The zero-order valence-electron chi connectivity index (χ0n) is 17.6. The number of β-amino-alcohol motifs (C(OH)–C–C–N with tert-alkyl or cyclic N) is 1. The van der Waals surface area contributed by atoms with E-state index in [0.717, 1.165) is 10.8 Å².